The van der Waals surface area contributed by atoms with Gasteiger partial charge in [0, 0.05) is 17.0 Å². The van der Waals surface area contributed by atoms with Gasteiger partial charge in [0.05, 0.1) is 19.8 Å². The standard InChI is InChI=1S/C25H19ClO6/c1-29-17-10-11-21(30-2)19(13-17)20-12-16-8-9-18(14-22(16)32-24(20)27)31-25(28)23(26)15-6-4-3-5-7-15/h3-14,23H,1-2H3. The highest BCUT2D eigenvalue weighted by atomic mass is 35.5. The summed E-state index contributed by atoms with van der Waals surface area (Å²) in [6, 6.07) is 20.5. The van der Waals surface area contributed by atoms with Crippen molar-refractivity contribution in [2.24, 2.45) is 0 Å². The van der Waals surface area contributed by atoms with Crippen molar-refractivity contribution in [3.05, 3.63) is 88.8 Å². The Bertz CT molecular complexity index is 1330. The maximum absolute atomic E-state index is 12.7. The van der Waals surface area contributed by atoms with E-state index in [-0.39, 0.29) is 11.3 Å². The van der Waals surface area contributed by atoms with Crippen molar-refractivity contribution < 1.29 is 23.4 Å². The number of alkyl halides is 1. The van der Waals surface area contributed by atoms with E-state index >= 15 is 0 Å². The van der Waals surface area contributed by atoms with Crippen LogP contribution in [0.25, 0.3) is 22.1 Å². The number of esters is 1. The van der Waals surface area contributed by atoms with E-state index < -0.39 is 17.0 Å². The van der Waals surface area contributed by atoms with Gasteiger partial charge in [-0.15, -0.1) is 11.6 Å². The fourth-order valence-corrected chi connectivity index (χ4v) is 3.48. The van der Waals surface area contributed by atoms with Gasteiger partial charge in [-0.25, -0.2) is 9.59 Å². The summed E-state index contributed by atoms with van der Waals surface area (Å²) in [5, 5.41) is -0.309. The molecule has 1 aromatic heterocycles. The van der Waals surface area contributed by atoms with Crippen LogP contribution >= 0.6 is 11.6 Å². The van der Waals surface area contributed by atoms with Crippen molar-refractivity contribution in [1.29, 1.82) is 0 Å². The zero-order valence-electron chi connectivity index (χ0n) is 17.3. The van der Waals surface area contributed by atoms with Gasteiger partial charge < -0.3 is 18.6 Å². The smallest absolute Gasteiger partial charge is 0.344 e. The minimum absolute atomic E-state index is 0.221. The van der Waals surface area contributed by atoms with Crippen molar-refractivity contribution in [2.75, 3.05) is 14.2 Å². The second-order valence-corrected chi connectivity index (χ2v) is 7.34. The maximum Gasteiger partial charge on any atom is 0.344 e. The largest absolute Gasteiger partial charge is 0.497 e. The number of benzene rings is 3. The molecule has 0 aliphatic rings. The number of hydrogen-bond donors (Lipinski definition) is 0. The molecule has 162 valence electrons. The summed E-state index contributed by atoms with van der Waals surface area (Å²) in [6.07, 6.45) is 0. The van der Waals surface area contributed by atoms with E-state index in [1.807, 2.05) is 6.07 Å². The molecule has 0 bridgehead atoms. The van der Waals surface area contributed by atoms with Gasteiger partial charge in [0.1, 0.15) is 22.8 Å². The molecule has 32 heavy (non-hydrogen) atoms. The average molecular weight is 451 g/mol. The van der Waals surface area contributed by atoms with Crippen LogP contribution in [0.15, 0.2) is 82.0 Å². The van der Waals surface area contributed by atoms with Crippen LogP contribution in [0.5, 0.6) is 17.2 Å². The molecule has 4 aromatic rings. The quantitative estimate of drug-likeness (QED) is 0.170. The molecule has 7 heteroatoms. The number of methoxy groups -OCH3 is 2. The fourth-order valence-electron chi connectivity index (χ4n) is 3.29. The van der Waals surface area contributed by atoms with E-state index in [0.29, 0.717) is 33.6 Å². The molecule has 0 N–H and O–H groups in total. The number of ether oxygens (including phenoxy) is 3. The Balaban J connectivity index is 1.66. The molecule has 0 amide bonds. The Morgan fingerprint density at radius 1 is 0.875 bits per heavy atom. The first kappa shape index (κ1) is 21.5. The van der Waals surface area contributed by atoms with Gasteiger partial charge in [0.2, 0.25) is 0 Å². The van der Waals surface area contributed by atoms with Crippen LogP contribution in [0.1, 0.15) is 10.9 Å². The van der Waals surface area contributed by atoms with Crippen LogP contribution in [0.3, 0.4) is 0 Å². The Hall–Kier alpha value is -3.77. The summed E-state index contributed by atoms with van der Waals surface area (Å²) in [6.45, 7) is 0. The van der Waals surface area contributed by atoms with E-state index in [9.17, 15) is 9.59 Å². The molecular weight excluding hydrogens is 432 g/mol. The zero-order chi connectivity index (χ0) is 22.7. The molecule has 1 unspecified atom stereocenters. The van der Waals surface area contributed by atoms with Gasteiger partial charge in [-0.1, -0.05) is 30.3 Å². The van der Waals surface area contributed by atoms with Gasteiger partial charge in [0.15, 0.2) is 5.38 Å². The van der Waals surface area contributed by atoms with Gasteiger partial charge >= 0.3 is 11.6 Å². The fraction of sp³-hybridized carbons (Fsp3) is 0.120. The topological polar surface area (TPSA) is 75.0 Å². The van der Waals surface area contributed by atoms with Crippen LogP contribution < -0.4 is 19.8 Å². The van der Waals surface area contributed by atoms with E-state index in [1.54, 1.807) is 67.8 Å². The van der Waals surface area contributed by atoms with E-state index in [1.165, 1.54) is 13.2 Å². The van der Waals surface area contributed by atoms with Crippen molar-refractivity contribution in [2.45, 2.75) is 5.38 Å². The molecule has 0 aliphatic carbocycles. The highest BCUT2D eigenvalue weighted by Gasteiger charge is 2.20. The summed E-state index contributed by atoms with van der Waals surface area (Å²) >= 11 is 6.22. The number of rotatable bonds is 6. The predicted molar refractivity (Wildman–Crippen MR) is 122 cm³/mol. The van der Waals surface area contributed by atoms with Crippen molar-refractivity contribution >= 4 is 28.5 Å². The summed E-state index contributed by atoms with van der Waals surface area (Å²) in [4.78, 5) is 25.1. The Kier molecular flexibility index (Phi) is 6.14. The molecule has 0 saturated heterocycles. The summed E-state index contributed by atoms with van der Waals surface area (Å²) in [7, 11) is 3.06. The van der Waals surface area contributed by atoms with Gasteiger partial charge in [0.25, 0.3) is 0 Å². The second kappa shape index (κ2) is 9.16. The highest BCUT2D eigenvalue weighted by molar-refractivity contribution is 6.30. The van der Waals surface area contributed by atoms with Crippen LogP contribution in [0.2, 0.25) is 0 Å². The zero-order valence-corrected chi connectivity index (χ0v) is 18.1. The maximum atomic E-state index is 12.7. The molecule has 4 rings (SSSR count). The minimum atomic E-state index is -0.957. The minimum Gasteiger partial charge on any atom is -0.497 e. The lowest BCUT2D eigenvalue weighted by molar-refractivity contribution is -0.134. The van der Waals surface area contributed by atoms with Gasteiger partial charge in [-0.05, 0) is 42.0 Å². The first-order chi connectivity index (χ1) is 15.5. The van der Waals surface area contributed by atoms with E-state index in [0.717, 1.165) is 0 Å². The van der Waals surface area contributed by atoms with Crippen LogP contribution in [-0.4, -0.2) is 20.2 Å². The Labute approximate surface area is 188 Å². The lowest BCUT2D eigenvalue weighted by Gasteiger charge is -2.11. The number of hydrogen-bond acceptors (Lipinski definition) is 6. The SMILES string of the molecule is COc1ccc(OC)c(-c2cc3ccc(OC(=O)C(Cl)c4ccccc4)cc3oc2=O)c1. The third-order valence-electron chi connectivity index (χ3n) is 4.92. The second-order valence-electron chi connectivity index (χ2n) is 6.91. The molecule has 1 atom stereocenters. The molecule has 0 spiro atoms. The predicted octanol–water partition coefficient (Wildman–Crippen LogP) is 5.36. The van der Waals surface area contributed by atoms with E-state index in [2.05, 4.69) is 0 Å². The molecule has 0 fully saturated rings. The molecule has 0 saturated carbocycles. The van der Waals surface area contributed by atoms with Crippen LogP contribution in [0.4, 0.5) is 0 Å². The Morgan fingerprint density at radius 3 is 2.34 bits per heavy atom. The summed E-state index contributed by atoms with van der Waals surface area (Å²) in [5.74, 6) is 0.685. The lowest BCUT2D eigenvalue weighted by atomic mass is 10.0. The van der Waals surface area contributed by atoms with Crippen molar-refractivity contribution in [1.82, 2.24) is 0 Å². The number of carbonyl (C=O) groups excluding carboxylic acids is 1. The van der Waals surface area contributed by atoms with E-state index in [4.69, 9.17) is 30.2 Å². The average Bonchev–Trinajstić information content (AvgIpc) is 2.83. The van der Waals surface area contributed by atoms with Gasteiger partial charge in [-0.3, -0.25) is 0 Å². The first-order valence-electron chi connectivity index (χ1n) is 9.71. The molecule has 0 aliphatic heterocycles. The molecule has 1 heterocycles. The first-order valence-corrected chi connectivity index (χ1v) is 10.1. The molecule has 0 radical (unpaired) electrons. The Morgan fingerprint density at radius 2 is 1.62 bits per heavy atom. The van der Waals surface area contributed by atoms with Crippen molar-refractivity contribution in [3.63, 3.8) is 0 Å². The third-order valence-corrected chi connectivity index (χ3v) is 5.35. The van der Waals surface area contributed by atoms with Crippen LogP contribution in [0, 0.1) is 0 Å². The van der Waals surface area contributed by atoms with Gasteiger partial charge in [-0.2, -0.15) is 0 Å². The number of halogens is 1. The summed E-state index contributed by atoms with van der Waals surface area (Å²) in [5.41, 5.74) is 1.21. The summed E-state index contributed by atoms with van der Waals surface area (Å²) < 4.78 is 21.5. The number of carbonyl (C=O) groups is 1. The van der Waals surface area contributed by atoms with Crippen LogP contribution in [-0.2, 0) is 4.79 Å². The molecule has 3 aromatic carbocycles. The monoisotopic (exact) mass is 450 g/mol. The number of fused-ring (bicyclic) bond motifs is 1. The third kappa shape index (κ3) is 4.31. The molecule has 6 nitrogen and oxygen atoms in total. The highest BCUT2D eigenvalue weighted by Crippen LogP contribution is 2.33. The lowest BCUT2D eigenvalue weighted by Crippen LogP contribution is -2.14. The van der Waals surface area contributed by atoms with Crippen molar-refractivity contribution in [3.8, 4) is 28.4 Å². The molecular formula is C25H19ClO6. The normalized spacial score (nSPS) is 11.7.